The molecule has 2 rings (SSSR count). The highest BCUT2D eigenvalue weighted by Crippen LogP contribution is 2.30. The number of para-hydroxylation sites is 1. The number of benzene rings is 1. The summed E-state index contributed by atoms with van der Waals surface area (Å²) in [6.07, 6.45) is 1.69. The van der Waals surface area contributed by atoms with Crippen LogP contribution in [0.3, 0.4) is 0 Å². The van der Waals surface area contributed by atoms with Gasteiger partial charge in [-0.15, -0.1) is 11.3 Å². The van der Waals surface area contributed by atoms with E-state index in [9.17, 15) is 5.11 Å². The fourth-order valence-corrected chi connectivity index (χ4v) is 3.71. The van der Waals surface area contributed by atoms with E-state index in [2.05, 4.69) is 11.1 Å². The third-order valence-corrected chi connectivity index (χ3v) is 5.06. The van der Waals surface area contributed by atoms with Gasteiger partial charge in [-0.25, -0.2) is 4.98 Å². The fourth-order valence-electron chi connectivity index (χ4n) is 1.63. The molecule has 0 aliphatic heterocycles. The Morgan fingerprint density at radius 3 is 2.94 bits per heavy atom. The van der Waals surface area contributed by atoms with Crippen molar-refractivity contribution in [2.24, 2.45) is 5.73 Å². The van der Waals surface area contributed by atoms with Crippen LogP contribution in [0.15, 0.2) is 28.6 Å². The van der Waals surface area contributed by atoms with Gasteiger partial charge in [-0.05, 0) is 31.9 Å². The van der Waals surface area contributed by atoms with Crippen LogP contribution >= 0.6 is 23.1 Å². The van der Waals surface area contributed by atoms with Gasteiger partial charge in [0.05, 0.1) is 15.8 Å². The van der Waals surface area contributed by atoms with Gasteiger partial charge in [-0.3, -0.25) is 0 Å². The van der Waals surface area contributed by atoms with Crippen molar-refractivity contribution in [3.05, 3.63) is 24.3 Å². The van der Waals surface area contributed by atoms with E-state index in [1.807, 2.05) is 18.2 Å². The first kappa shape index (κ1) is 13.8. The monoisotopic (exact) mass is 282 g/mol. The van der Waals surface area contributed by atoms with E-state index < -0.39 is 5.60 Å². The molecular weight excluding hydrogens is 264 g/mol. The summed E-state index contributed by atoms with van der Waals surface area (Å²) in [6, 6.07) is 8.17. The molecule has 0 aliphatic carbocycles. The third-order valence-electron chi connectivity index (χ3n) is 2.80. The molecule has 3 nitrogen and oxygen atoms in total. The molecule has 5 heteroatoms. The van der Waals surface area contributed by atoms with E-state index in [1.54, 1.807) is 30.0 Å². The van der Waals surface area contributed by atoms with E-state index >= 15 is 0 Å². The summed E-state index contributed by atoms with van der Waals surface area (Å²) in [5.74, 6) is 0.968. The molecule has 1 aromatic carbocycles. The second-order valence-electron chi connectivity index (χ2n) is 4.60. The van der Waals surface area contributed by atoms with E-state index in [0.717, 1.165) is 28.5 Å². The number of aliphatic hydroxyl groups is 1. The van der Waals surface area contributed by atoms with Crippen molar-refractivity contribution in [1.82, 2.24) is 4.98 Å². The third kappa shape index (κ3) is 3.68. The summed E-state index contributed by atoms with van der Waals surface area (Å²) in [5, 5.41) is 9.79. The van der Waals surface area contributed by atoms with Gasteiger partial charge in [0.25, 0.3) is 0 Å². The topological polar surface area (TPSA) is 59.1 Å². The number of rotatable bonds is 6. The van der Waals surface area contributed by atoms with Gasteiger partial charge >= 0.3 is 0 Å². The Bertz CT molecular complexity index is 477. The number of nitrogens with two attached hydrogens (primary N) is 1. The van der Waals surface area contributed by atoms with Gasteiger partial charge in [0.1, 0.15) is 0 Å². The second-order valence-corrected chi connectivity index (χ2v) is 6.97. The number of fused-ring (bicyclic) bond motifs is 1. The summed E-state index contributed by atoms with van der Waals surface area (Å²) >= 11 is 3.48. The van der Waals surface area contributed by atoms with Crippen LogP contribution in [0.25, 0.3) is 10.2 Å². The Labute approximate surface area is 115 Å². The van der Waals surface area contributed by atoms with Crippen molar-refractivity contribution in [2.45, 2.75) is 29.7 Å². The molecule has 1 heterocycles. The summed E-state index contributed by atoms with van der Waals surface area (Å²) < 4.78 is 2.33. The quantitative estimate of drug-likeness (QED) is 0.632. The van der Waals surface area contributed by atoms with Crippen LogP contribution in [0.5, 0.6) is 0 Å². The molecule has 1 atom stereocenters. The number of aromatic nitrogens is 1. The molecule has 0 bridgehead atoms. The fraction of sp³-hybridized carbons (Fsp3) is 0.462. The Morgan fingerprint density at radius 1 is 1.44 bits per heavy atom. The molecular formula is C13H18N2OS2. The molecule has 18 heavy (non-hydrogen) atoms. The van der Waals surface area contributed by atoms with Crippen LogP contribution in [-0.4, -0.2) is 28.0 Å². The van der Waals surface area contributed by atoms with E-state index in [-0.39, 0.29) is 0 Å². The Hall–Kier alpha value is -0.620. The number of hydrogen-bond donors (Lipinski definition) is 2. The van der Waals surface area contributed by atoms with Gasteiger partial charge in [-0.2, -0.15) is 0 Å². The second kappa shape index (κ2) is 6.02. The molecule has 0 amide bonds. The minimum atomic E-state index is -0.728. The molecule has 0 fully saturated rings. The summed E-state index contributed by atoms with van der Waals surface area (Å²) in [7, 11) is 0. The van der Waals surface area contributed by atoms with Gasteiger partial charge in [0.2, 0.25) is 0 Å². The van der Waals surface area contributed by atoms with Crippen molar-refractivity contribution in [3.63, 3.8) is 0 Å². The molecule has 0 radical (unpaired) electrons. The SMILES string of the molecule is CC(O)(CN)CCCSc1nc2ccccc2s1. The highest BCUT2D eigenvalue weighted by Gasteiger charge is 2.17. The van der Waals surface area contributed by atoms with E-state index in [1.165, 1.54) is 4.70 Å². The molecule has 98 valence electrons. The minimum Gasteiger partial charge on any atom is -0.389 e. The molecule has 0 saturated carbocycles. The molecule has 1 unspecified atom stereocenters. The van der Waals surface area contributed by atoms with Crippen LogP contribution in [0.1, 0.15) is 19.8 Å². The first-order chi connectivity index (χ1) is 8.61. The zero-order valence-electron chi connectivity index (χ0n) is 10.4. The minimum absolute atomic E-state index is 0.318. The molecule has 2 aromatic rings. The Kier molecular flexibility index (Phi) is 4.61. The zero-order valence-corrected chi connectivity index (χ0v) is 12.1. The van der Waals surface area contributed by atoms with Gasteiger partial charge in [-0.1, -0.05) is 23.9 Å². The van der Waals surface area contributed by atoms with Crippen molar-refractivity contribution in [1.29, 1.82) is 0 Å². The average molecular weight is 282 g/mol. The summed E-state index contributed by atoms with van der Waals surface area (Å²) in [5.41, 5.74) is 5.82. The number of hydrogen-bond acceptors (Lipinski definition) is 5. The smallest absolute Gasteiger partial charge is 0.151 e. The Morgan fingerprint density at radius 2 is 2.22 bits per heavy atom. The number of thiazole rings is 1. The highest BCUT2D eigenvalue weighted by atomic mass is 32.2. The van der Waals surface area contributed by atoms with Crippen LogP contribution in [0, 0.1) is 0 Å². The predicted molar refractivity (Wildman–Crippen MR) is 79.3 cm³/mol. The number of thioether (sulfide) groups is 1. The summed E-state index contributed by atoms with van der Waals surface area (Å²) in [6.45, 7) is 2.11. The first-order valence-corrected chi connectivity index (χ1v) is 7.82. The maximum Gasteiger partial charge on any atom is 0.151 e. The van der Waals surface area contributed by atoms with E-state index in [4.69, 9.17) is 5.73 Å². The molecule has 0 aliphatic rings. The van der Waals surface area contributed by atoms with Crippen LogP contribution in [0.4, 0.5) is 0 Å². The van der Waals surface area contributed by atoms with Gasteiger partial charge in [0, 0.05) is 12.3 Å². The lowest BCUT2D eigenvalue weighted by atomic mass is 10.0. The normalized spacial score (nSPS) is 14.8. The van der Waals surface area contributed by atoms with Crippen molar-refractivity contribution in [2.75, 3.05) is 12.3 Å². The molecule has 0 saturated heterocycles. The lowest BCUT2D eigenvalue weighted by Crippen LogP contribution is -2.34. The zero-order chi connectivity index (χ0) is 13.0. The van der Waals surface area contributed by atoms with Crippen LogP contribution < -0.4 is 5.73 Å². The lowest BCUT2D eigenvalue weighted by molar-refractivity contribution is 0.0596. The summed E-state index contributed by atoms with van der Waals surface area (Å²) in [4.78, 5) is 4.56. The van der Waals surface area contributed by atoms with E-state index in [0.29, 0.717) is 6.54 Å². The van der Waals surface area contributed by atoms with Crippen LogP contribution in [-0.2, 0) is 0 Å². The van der Waals surface area contributed by atoms with Gasteiger partial charge < -0.3 is 10.8 Å². The molecule has 1 aromatic heterocycles. The average Bonchev–Trinajstić information content (AvgIpc) is 2.77. The highest BCUT2D eigenvalue weighted by molar-refractivity contribution is 8.01. The van der Waals surface area contributed by atoms with Crippen LogP contribution in [0.2, 0.25) is 0 Å². The Balaban J connectivity index is 1.83. The molecule has 0 spiro atoms. The maximum absolute atomic E-state index is 9.79. The predicted octanol–water partition coefficient (Wildman–Crippen LogP) is 2.88. The molecule has 3 N–H and O–H groups in total. The van der Waals surface area contributed by atoms with Crippen molar-refractivity contribution < 1.29 is 5.11 Å². The lowest BCUT2D eigenvalue weighted by Gasteiger charge is -2.20. The first-order valence-electron chi connectivity index (χ1n) is 6.01. The number of nitrogens with zero attached hydrogens (tertiary/aromatic N) is 1. The standard InChI is InChI=1S/C13H18N2OS2/c1-13(16,9-14)7-4-8-17-12-15-10-5-2-3-6-11(10)18-12/h2-3,5-6,16H,4,7-9,14H2,1H3. The van der Waals surface area contributed by atoms with Crippen molar-refractivity contribution in [3.8, 4) is 0 Å². The largest absolute Gasteiger partial charge is 0.389 e. The maximum atomic E-state index is 9.79. The van der Waals surface area contributed by atoms with Crippen molar-refractivity contribution >= 4 is 33.3 Å². The van der Waals surface area contributed by atoms with Gasteiger partial charge in [0.15, 0.2) is 4.34 Å².